The summed E-state index contributed by atoms with van der Waals surface area (Å²) in [4.78, 5) is 14.8. The van der Waals surface area contributed by atoms with Crippen molar-refractivity contribution in [2.24, 2.45) is 5.92 Å². The number of nitrogens with one attached hydrogen (secondary N) is 1. The van der Waals surface area contributed by atoms with Gasteiger partial charge in [-0.2, -0.15) is 13.2 Å². The third-order valence-electron chi connectivity index (χ3n) is 5.89. The fourth-order valence-electron chi connectivity index (χ4n) is 4.07. The summed E-state index contributed by atoms with van der Waals surface area (Å²) in [5.74, 6) is -2.67. The first-order valence-corrected chi connectivity index (χ1v) is 10.8. The summed E-state index contributed by atoms with van der Waals surface area (Å²) in [6.45, 7) is 1.63. The average Bonchev–Trinajstić information content (AvgIpc) is 3.21. The van der Waals surface area contributed by atoms with E-state index in [1.54, 1.807) is 24.3 Å². The van der Waals surface area contributed by atoms with Crippen molar-refractivity contribution in [3.8, 4) is 5.75 Å². The van der Waals surface area contributed by atoms with Gasteiger partial charge in [0.25, 0.3) is 0 Å². The number of ether oxygens (including phenoxy) is 1. The Morgan fingerprint density at radius 3 is 2.33 bits per heavy atom. The minimum atomic E-state index is -4.66. The van der Waals surface area contributed by atoms with Crippen molar-refractivity contribution in [1.82, 2.24) is 0 Å². The maximum atomic E-state index is 13.6. The molecule has 0 fully saturated rings. The zero-order valence-electron chi connectivity index (χ0n) is 18.2. The first-order chi connectivity index (χ1) is 15.8. The monoisotopic (exact) mass is 454 g/mol. The summed E-state index contributed by atoms with van der Waals surface area (Å²) in [6, 6.07) is 21.5. The largest absolute Gasteiger partial charge is 0.497 e. The second-order valence-electron chi connectivity index (χ2n) is 8.13. The Kier molecular flexibility index (Phi) is 6.58. The Labute approximate surface area is 191 Å². The maximum Gasteiger partial charge on any atom is 0.400 e. The first-order valence-electron chi connectivity index (χ1n) is 10.8. The molecule has 1 heterocycles. The summed E-state index contributed by atoms with van der Waals surface area (Å²) >= 11 is 0. The van der Waals surface area contributed by atoms with Crippen LogP contribution in [0.2, 0.25) is 0 Å². The molecule has 7 heteroatoms. The fraction of sp³-hybridized carbons (Fsp3) is 0.269. The zero-order valence-corrected chi connectivity index (χ0v) is 18.2. The minimum Gasteiger partial charge on any atom is -0.497 e. The number of carbonyl (C=O) groups is 1. The molecule has 0 aliphatic carbocycles. The number of halogens is 3. The second-order valence-corrected chi connectivity index (χ2v) is 8.13. The lowest BCUT2D eigenvalue weighted by atomic mass is 9.97. The number of para-hydroxylation sites is 1. The molecule has 0 radical (unpaired) electrons. The lowest BCUT2D eigenvalue weighted by Crippen LogP contribution is -2.36. The third-order valence-corrected chi connectivity index (χ3v) is 5.89. The summed E-state index contributed by atoms with van der Waals surface area (Å²) in [5.41, 5.74) is 4.30. The molecule has 4 rings (SSSR count). The number of methoxy groups -OCH3 is 1. The summed E-state index contributed by atoms with van der Waals surface area (Å²) in [7, 11) is 1.48. The first kappa shape index (κ1) is 22.7. The van der Waals surface area contributed by atoms with Gasteiger partial charge in [0.05, 0.1) is 7.11 Å². The minimum absolute atomic E-state index is 0.342. The highest BCUT2D eigenvalue weighted by atomic mass is 19.4. The van der Waals surface area contributed by atoms with Crippen LogP contribution in [0.4, 0.5) is 24.5 Å². The van der Waals surface area contributed by atoms with Crippen LogP contribution in [0.15, 0.2) is 72.8 Å². The molecule has 172 valence electrons. The number of hydrogen-bond acceptors (Lipinski definition) is 3. The topological polar surface area (TPSA) is 41.6 Å². The number of rotatable bonds is 7. The van der Waals surface area contributed by atoms with Crippen LogP contribution in [0, 0.1) is 5.92 Å². The molecule has 0 bridgehead atoms. The Hall–Kier alpha value is -3.48. The number of nitrogens with zero attached hydrogens (tertiary/aromatic N) is 1. The lowest BCUT2D eigenvalue weighted by molar-refractivity contribution is -0.179. The van der Waals surface area contributed by atoms with Gasteiger partial charge in [0.2, 0.25) is 5.91 Å². The Morgan fingerprint density at radius 1 is 1.00 bits per heavy atom. The van der Waals surface area contributed by atoms with Gasteiger partial charge in [0, 0.05) is 24.5 Å². The summed E-state index contributed by atoms with van der Waals surface area (Å²) in [6.07, 6.45) is -4.10. The van der Waals surface area contributed by atoms with E-state index in [-0.39, 0.29) is 0 Å². The Morgan fingerprint density at radius 2 is 1.67 bits per heavy atom. The van der Waals surface area contributed by atoms with E-state index in [0.717, 1.165) is 18.5 Å². The van der Waals surface area contributed by atoms with Gasteiger partial charge >= 0.3 is 6.18 Å². The molecule has 1 atom stereocenters. The molecule has 1 amide bonds. The van der Waals surface area contributed by atoms with Crippen LogP contribution < -0.4 is 15.0 Å². The molecule has 1 unspecified atom stereocenters. The number of hydrogen-bond donors (Lipinski definition) is 1. The number of fused-ring (bicyclic) bond motifs is 1. The molecule has 4 nitrogen and oxygen atoms in total. The molecule has 0 saturated heterocycles. The number of benzene rings is 3. The van der Waals surface area contributed by atoms with E-state index in [2.05, 4.69) is 22.3 Å². The van der Waals surface area contributed by atoms with E-state index in [4.69, 9.17) is 4.74 Å². The van der Waals surface area contributed by atoms with E-state index >= 15 is 0 Å². The highest BCUT2D eigenvalue weighted by Crippen LogP contribution is 2.32. The SMILES string of the molecule is COc1ccc(CC(C(=O)Nc2ccc(CN3CCc4ccccc43)cc2)C(F)(F)F)cc1. The average molecular weight is 454 g/mol. The summed E-state index contributed by atoms with van der Waals surface area (Å²) < 4.78 is 45.9. The van der Waals surface area contributed by atoms with E-state index in [1.165, 1.54) is 30.5 Å². The standard InChI is InChI=1S/C26H25F3N2O2/c1-33-22-12-8-18(9-13-22)16-23(26(27,28)29)25(32)30-21-10-6-19(7-11-21)17-31-15-14-20-4-2-3-5-24(20)31/h2-13,23H,14-17H2,1H3,(H,30,32). The van der Waals surface area contributed by atoms with E-state index in [9.17, 15) is 18.0 Å². The van der Waals surface area contributed by atoms with Crippen LogP contribution >= 0.6 is 0 Å². The second kappa shape index (κ2) is 9.57. The van der Waals surface area contributed by atoms with Crippen LogP contribution in [0.25, 0.3) is 0 Å². The highest BCUT2D eigenvalue weighted by molar-refractivity contribution is 5.93. The maximum absolute atomic E-state index is 13.6. The molecule has 0 spiro atoms. The van der Waals surface area contributed by atoms with E-state index in [0.29, 0.717) is 23.5 Å². The molecular formula is C26H25F3N2O2. The van der Waals surface area contributed by atoms with Crippen LogP contribution in [0.3, 0.4) is 0 Å². The van der Waals surface area contributed by atoms with Crippen molar-refractivity contribution < 1.29 is 22.7 Å². The fourth-order valence-corrected chi connectivity index (χ4v) is 4.07. The molecular weight excluding hydrogens is 429 g/mol. The van der Waals surface area contributed by atoms with Gasteiger partial charge in [-0.3, -0.25) is 4.79 Å². The van der Waals surface area contributed by atoms with Gasteiger partial charge in [-0.15, -0.1) is 0 Å². The number of alkyl halides is 3. The molecule has 0 saturated carbocycles. The smallest absolute Gasteiger partial charge is 0.400 e. The molecule has 1 aliphatic heterocycles. The Balaban J connectivity index is 1.40. The summed E-state index contributed by atoms with van der Waals surface area (Å²) in [5, 5.41) is 2.43. The van der Waals surface area contributed by atoms with Crippen molar-refractivity contribution in [3.05, 3.63) is 89.5 Å². The normalized spacial score (nSPS) is 14.0. The van der Waals surface area contributed by atoms with Gasteiger partial charge in [-0.05, 0) is 59.9 Å². The van der Waals surface area contributed by atoms with E-state index < -0.39 is 24.4 Å². The number of amides is 1. The van der Waals surface area contributed by atoms with Crippen LogP contribution in [0.1, 0.15) is 16.7 Å². The predicted molar refractivity (Wildman–Crippen MR) is 123 cm³/mol. The highest BCUT2D eigenvalue weighted by Gasteiger charge is 2.44. The van der Waals surface area contributed by atoms with Crippen molar-refractivity contribution in [1.29, 1.82) is 0 Å². The molecule has 33 heavy (non-hydrogen) atoms. The van der Waals surface area contributed by atoms with Gasteiger partial charge in [-0.25, -0.2) is 0 Å². The molecule has 1 aliphatic rings. The zero-order chi connectivity index (χ0) is 23.4. The Bertz CT molecular complexity index is 1100. The van der Waals surface area contributed by atoms with Gasteiger partial charge in [0.1, 0.15) is 11.7 Å². The number of carbonyl (C=O) groups excluding carboxylic acids is 1. The van der Waals surface area contributed by atoms with Crippen LogP contribution in [-0.2, 0) is 24.2 Å². The van der Waals surface area contributed by atoms with Crippen LogP contribution in [-0.4, -0.2) is 25.7 Å². The van der Waals surface area contributed by atoms with E-state index in [1.807, 2.05) is 24.3 Å². The predicted octanol–water partition coefficient (Wildman–Crippen LogP) is 5.62. The van der Waals surface area contributed by atoms with Crippen molar-refractivity contribution >= 4 is 17.3 Å². The molecule has 0 aromatic heterocycles. The van der Waals surface area contributed by atoms with Crippen LogP contribution in [0.5, 0.6) is 5.75 Å². The molecule has 3 aromatic rings. The van der Waals surface area contributed by atoms with Gasteiger partial charge < -0.3 is 15.0 Å². The lowest BCUT2D eigenvalue weighted by Gasteiger charge is -2.21. The van der Waals surface area contributed by atoms with Gasteiger partial charge in [0.15, 0.2) is 0 Å². The molecule has 3 aromatic carbocycles. The van der Waals surface area contributed by atoms with Crippen molar-refractivity contribution in [3.63, 3.8) is 0 Å². The van der Waals surface area contributed by atoms with Gasteiger partial charge in [-0.1, -0.05) is 42.5 Å². The quantitative estimate of drug-likeness (QED) is 0.504. The third kappa shape index (κ3) is 5.48. The number of anilines is 2. The van der Waals surface area contributed by atoms with Crippen molar-refractivity contribution in [2.45, 2.75) is 25.6 Å². The molecule has 1 N–H and O–H groups in total. The van der Waals surface area contributed by atoms with Crippen molar-refractivity contribution in [2.75, 3.05) is 23.9 Å².